The Balaban J connectivity index is 2.15. The molecule has 0 aliphatic heterocycles. The van der Waals surface area contributed by atoms with E-state index in [2.05, 4.69) is 5.10 Å². The van der Waals surface area contributed by atoms with Gasteiger partial charge in [0, 0.05) is 19.0 Å². The van der Waals surface area contributed by atoms with Crippen molar-refractivity contribution in [1.82, 2.24) is 9.78 Å². The molecule has 0 unspecified atom stereocenters. The molecular formula is C16H15ClF2N2O2. The molecular weight excluding hydrogens is 326 g/mol. The quantitative estimate of drug-likeness (QED) is 0.755. The zero-order chi connectivity index (χ0) is 17.0. The Labute approximate surface area is 137 Å². The number of halogens is 3. The number of rotatable bonds is 5. The van der Waals surface area contributed by atoms with Gasteiger partial charge in [0.1, 0.15) is 5.02 Å². The van der Waals surface area contributed by atoms with Gasteiger partial charge in [0.2, 0.25) is 0 Å². The SMILES string of the molecule is CC(CCOC(=O)c1nn(C)c(-c2ccccc2)c1Cl)=C(F)F. The van der Waals surface area contributed by atoms with Crippen LogP contribution in [0, 0.1) is 0 Å². The van der Waals surface area contributed by atoms with Crippen molar-refractivity contribution < 1.29 is 18.3 Å². The summed E-state index contributed by atoms with van der Waals surface area (Å²) in [6.07, 6.45) is -1.80. The standard InChI is InChI=1S/C16H15ClF2N2O2/c1-10(15(18)19)8-9-23-16(22)13-12(17)14(21(2)20-13)11-6-4-3-5-7-11/h3-7H,8-9H2,1-2H3. The van der Waals surface area contributed by atoms with Crippen LogP contribution in [0.15, 0.2) is 42.0 Å². The zero-order valence-electron chi connectivity index (χ0n) is 12.6. The molecule has 2 aromatic rings. The van der Waals surface area contributed by atoms with Crippen molar-refractivity contribution in [2.75, 3.05) is 6.61 Å². The van der Waals surface area contributed by atoms with Crippen LogP contribution < -0.4 is 0 Å². The molecule has 0 radical (unpaired) electrons. The van der Waals surface area contributed by atoms with Gasteiger partial charge in [0.05, 0.1) is 12.3 Å². The van der Waals surface area contributed by atoms with Crippen molar-refractivity contribution in [3.63, 3.8) is 0 Å². The Morgan fingerprint density at radius 2 is 1.96 bits per heavy atom. The van der Waals surface area contributed by atoms with Gasteiger partial charge in [0.15, 0.2) is 5.69 Å². The Kier molecular flexibility index (Phi) is 5.50. The lowest BCUT2D eigenvalue weighted by Crippen LogP contribution is -2.08. The smallest absolute Gasteiger partial charge is 0.360 e. The first kappa shape index (κ1) is 17.1. The van der Waals surface area contributed by atoms with Crippen LogP contribution in [0.4, 0.5) is 8.78 Å². The lowest BCUT2D eigenvalue weighted by molar-refractivity contribution is 0.0500. The fraction of sp³-hybridized carbons (Fsp3) is 0.250. The largest absolute Gasteiger partial charge is 0.461 e. The minimum Gasteiger partial charge on any atom is -0.461 e. The van der Waals surface area contributed by atoms with Crippen LogP contribution in [-0.4, -0.2) is 22.4 Å². The van der Waals surface area contributed by atoms with Crippen molar-refractivity contribution in [2.24, 2.45) is 7.05 Å². The van der Waals surface area contributed by atoms with E-state index in [1.165, 1.54) is 11.6 Å². The number of aryl methyl sites for hydroxylation is 1. The van der Waals surface area contributed by atoms with E-state index in [9.17, 15) is 13.6 Å². The average molecular weight is 341 g/mol. The minimum atomic E-state index is -1.76. The lowest BCUT2D eigenvalue weighted by Gasteiger charge is -2.03. The first-order valence-corrected chi connectivity index (χ1v) is 7.25. The number of esters is 1. The molecule has 0 amide bonds. The third-order valence-electron chi connectivity index (χ3n) is 3.26. The van der Waals surface area contributed by atoms with Crippen LogP contribution >= 0.6 is 11.6 Å². The monoisotopic (exact) mass is 340 g/mol. The van der Waals surface area contributed by atoms with Gasteiger partial charge < -0.3 is 4.74 Å². The second kappa shape index (κ2) is 7.37. The zero-order valence-corrected chi connectivity index (χ0v) is 13.4. The van der Waals surface area contributed by atoms with Gasteiger partial charge in [-0.25, -0.2) is 4.79 Å². The average Bonchev–Trinajstić information content (AvgIpc) is 2.82. The maximum atomic E-state index is 12.3. The highest BCUT2D eigenvalue weighted by atomic mass is 35.5. The number of nitrogens with zero attached hydrogens (tertiary/aromatic N) is 2. The van der Waals surface area contributed by atoms with Crippen LogP contribution in [0.25, 0.3) is 11.3 Å². The number of hydrogen-bond acceptors (Lipinski definition) is 3. The lowest BCUT2D eigenvalue weighted by atomic mass is 10.1. The summed E-state index contributed by atoms with van der Waals surface area (Å²) in [6, 6.07) is 9.24. The van der Waals surface area contributed by atoms with Crippen LogP contribution in [0.2, 0.25) is 5.02 Å². The first-order valence-electron chi connectivity index (χ1n) is 6.87. The number of hydrogen-bond donors (Lipinski definition) is 0. The molecule has 7 heteroatoms. The second-order valence-electron chi connectivity index (χ2n) is 4.93. The molecule has 122 valence electrons. The predicted molar refractivity (Wildman–Crippen MR) is 83.5 cm³/mol. The second-order valence-corrected chi connectivity index (χ2v) is 5.31. The van der Waals surface area contributed by atoms with Crippen molar-refractivity contribution >= 4 is 17.6 Å². The molecule has 0 aliphatic carbocycles. The van der Waals surface area contributed by atoms with Gasteiger partial charge in [-0.2, -0.15) is 13.9 Å². The van der Waals surface area contributed by atoms with E-state index >= 15 is 0 Å². The number of benzene rings is 1. The highest BCUT2D eigenvalue weighted by molar-refractivity contribution is 6.35. The topological polar surface area (TPSA) is 44.1 Å². The molecule has 2 rings (SSSR count). The van der Waals surface area contributed by atoms with Crippen LogP contribution in [0.3, 0.4) is 0 Å². The third kappa shape index (κ3) is 3.96. The molecule has 0 spiro atoms. The summed E-state index contributed by atoms with van der Waals surface area (Å²) in [5.74, 6) is -0.736. The third-order valence-corrected chi connectivity index (χ3v) is 3.62. The Bertz CT molecular complexity index is 738. The van der Waals surface area contributed by atoms with Crippen LogP contribution in [0.1, 0.15) is 23.8 Å². The van der Waals surface area contributed by atoms with E-state index in [0.717, 1.165) is 5.56 Å². The number of carbonyl (C=O) groups is 1. The maximum Gasteiger partial charge on any atom is 0.360 e. The summed E-state index contributed by atoms with van der Waals surface area (Å²) in [5.41, 5.74) is 1.25. The Morgan fingerprint density at radius 1 is 1.30 bits per heavy atom. The summed E-state index contributed by atoms with van der Waals surface area (Å²) in [5, 5.41) is 4.24. The van der Waals surface area contributed by atoms with E-state index in [1.807, 2.05) is 30.3 Å². The Hall–Kier alpha value is -2.21. The number of ether oxygens (including phenoxy) is 1. The predicted octanol–water partition coefficient (Wildman–Crippen LogP) is 4.46. The summed E-state index contributed by atoms with van der Waals surface area (Å²) in [7, 11) is 1.66. The minimum absolute atomic E-state index is 0.0321. The van der Waals surface area contributed by atoms with Crippen LogP contribution in [-0.2, 0) is 11.8 Å². The van der Waals surface area contributed by atoms with Gasteiger partial charge in [-0.1, -0.05) is 41.9 Å². The molecule has 0 bridgehead atoms. The molecule has 0 atom stereocenters. The van der Waals surface area contributed by atoms with E-state index < -0.39 is 12.0 Å². The fourth-order valence-corrected chi connectivity index (χ4v) is 2.34. The van der Waals surface area contributed by atoms with Gasteiger partial charge >= 0.3 is 5.97 Å². The normalized spacial score (nSPS) is 10.5. The Morgan fingerprint density at radius 3 is 2.57 bits per heavy atom. The van der Waals surface area contributed by atoms with E-state index in [0.29, 0.717) is 5.69 Å². The molecule has 0 saturated heterocycles. The van der Waals surface area contributed by atoms with Crippen molar-refractivity contribution in [1.29, 1.82) is 0 Å². The molecule has 4 nitrogen and oxygen atoms in total. The highest BCUT2D eigenvalue weighted by Crippen LogP contribution is 2.30. The van der Waals surface area contributed by atoms with E-state index in [4.69, 9.17) is 16.3 Å². The van der Waals surface area contributed by atoms with Crippen LogP contribution in [0.5, 0.6) is 0 Å². The molecule has 1 aromatic carbocycles. The fourth-order valence-electron chi connectivity index (χ4n) is 2.00. The number of aromatic nitrogens is 2. The molecule has 23 heavy (non-hydrogen) atoms. The van der Waals surface area contributed by atoms with Crippen molar-refractivity contribution in [2.45, 2.75) is 13.3 Å². The molecule has 1 aromatic heterocycles. The summed E-state index contributed by atoms with van der Waals surface area (Å²) in [6.45, 7) is 1.13. The molecule has 0 aliphatic rings. The molecule has 1 heterocycles. The van der Waals surface area contributed by atoms with Crippen molar-refractivity contribution in [3.8, 4) is 11.3 Å². The summed E-state index contributed by atoms with van der Waals surface area (Å²) >= 11 is 6.24. The van der Waals surface area contributed by atoms with Gasteiger partial charge in [0.25, 0.3) is 6.08 Å². The summed E-state index contributed by atoms with van der Waals surface area (Å²) < 4.78 is 31.0. The van der Waals surface area contributed by atoms with Crippen molar-refractivity contribution in [3.05, 3.63) is 52.7 Å². The highest BCUT2D eigenvalue weighted by Gasteiger charge is 2.22. The van der Waals surface area contributed by atoms with E-state index in [1.54, 1.807) is 7.05 Å². The number of carbonyl (C=O) groups excluding carboxylic acids is 1. The maximum absolute atomic E-state index is 12.3. The van der Waals surface area contributed by atoms with Gasteiger partial charge in [-0.05, 0) is 12.5 Å². The summed E-state index contributed by atoms with van der Waals surface area (Å²) in [4.78, 5) is 12.0. The van der Waals surface area contributed by atoms with Gasteiger partial charge in [-0.15, -0.1) is 0 Å². The van der Waals surface area contributed by atoms with E-state index in [-0.39, 0.29) is 29.3 Å². The molecule has 0 N–H and O–H groups in total. The van der Waals surface area contributed by atoms with Gasteiger partial charge in [-0.3, -0.25) is 4.68 Å². The first-order chi connectivity index (χ1) is 10.9. The molecule has 0 fully saturated rings. The molecule has 0 saturated carbocycles.